The summed E-state index contributed by atoms with van der Waals surface area (Å²) in [6.07, 6.45) is 4.36. The maximum Gasteiger partial charge on any atom is 0.310 e. The van der Waals surface area contributed by atoms with Gasteiger partial charge in [-0.2, -0.15) is 0 Å². The standard InChI is InChI=1S/C17H24BrNO4/c1-11-6-4-5-7-13(11)19(10-12(2)17(21)22-3)16(20)14-8-9-15(18)23-14/h8-9,11-13H,4-7,10H2,1-3H3. The molecule has 0 aliphatic heterocycles. The quantitative estimate of drug-likeness (QED) is 0.721. The normalized spacial score (nSPS) is 22.4. The number of halogens is 1. The van der Waals surface area contributed by atoms with Crippen molar-refractivity contribution in [1.29, 1.82) is 0 Å². The second-order valence-electron chi connectivity index (χ2n) is 6.31. The Kier molecular flexibility index (Phi) is 6.27. The van der Waals surface area contributed by atoms with Crippen molar-refractivity contribution in [2.24, 2.45) is 11.8 Å². The van der Waals surface area contributed by atoms with E-state index >= 15 is 0 Å². The van der Waals surface area contributed by atoms with Crippen LogP contribution in [0.15, 0.2) is 21.2 Å². The minimum atomic E-state index is -0.364. The molecular formula is C17H24BrNO4. The highest BCUT2D eigenvalue weighted by Gasteiger charge is 2.34. The van der Waals surface area contributed by atoms with Gasteiger partial charge in [0.1, 0.15) is 0 Å². The molecule has 1 aliphatic rings. The molecule has 3 atom stereocenters. The molecule has 1 aliphatic carbocycles. The molecule has 128 valence electrons. The van der Waals surface area contributed by atoms with Crippen molar-refractivity contribution in [3.05, 3.63) is 22.6 Å². The Hall–Kier alpha value is -1.30. The average molecular weight is 386 g/mol. The monoisotopic (exact) mass is 385 g/mol. The van der Waals surface area contributed by atoms with Crippen molar-refractivity contribution in [2.45, 2.75) is 45.6 Å². The first-order valence-corrected chi connectivity index (χ1v) is 8.87. The third-order valence-corrected chi connectivity index (χ3v) is 5.01. The highest BCUT2D eigenvalue weighted by atomic mass is 79.9. The molecule has 0 aromatic carbocycles. The molecule has 3 unspecified atom stereocenters. The van der Waals surface area contributed by atoms with Crippen LogP contribution < -0.4 is 0 Å². The van der Waals surface area contributed by atoms with E-state index in [0.717, 1.165) is 19.3 Å². The lowest BCUT2D eigenvalue weighted by atomic mass is 9.84. The van der Waals surface area contributed by atoms with Gasteiger partial charge < -0.3 is 14.1 Å². The highest BCUT2D eigenvalue weighted by Crippen LogP contribution is 2.30. The van der Waals surface area contributed by atoms with Crippen molar-refractivity contribution < 1.29 is 18.7 Å². The molecule has 1 amide bonds. The number of furan rings is 1. The topological polar surface area (TPSA) is 59.8 Å². The Morgan fingerprint density at radius 1 is 1.39 bits per heavy atom. The second kappa shape index (κ2) is 7.99. The van der Waals surface area contributed by atoms with Gasteiger partial charge in [0.25, 0.3) is 5.91 Å². The molecule has 23 heavy (non-hydrogen) atoms. The van der Waals surface area contributed by atoms with Crippen LogP contribution in [0.4, 0.5) is 0 Å². The highest BCUT2D eigenvalue weighted by molar-refractivity contribution is 9.10. The summed E-state index contributed by atoms with van der Waals surface area (Å²) < 4.78 is 10.8. The van der Waals surface area contributed by atoms with Gasteiger partial charge in [0.2, 0.25) is 0 Å². The fourth-order valence-corrected chi connectivity index (χ4v) is 3.58. The van der Waals surface area contributed by atoms with Crippen LogP contribution in [0.5, 0.6) is 0 Å². The molecule has 1 fully saturated rings. The summed E-state index contributed by atoms with van der Waals surface area (Å²) in [6, 6.07) is 3.50. The summed E-state index contributed by atoms with van der Waals surface area (Å²) in [5.74, 6) is -0.115. The summed E-state index contributed by atoms with van der Waals surface area (Å²) in [4.78, 5) is 26.5. The molecule has 1 aromatic heterocycles. The summed E-state index contributed by atoms with van der Waals surface area (Å²) in [7, 11) is 1.37. The van der Waals surface area contributed by atoms with Gasteiger partial charge in [0, 0.05) is 12.6 Å². The molecule has 0 radical (unpaired) electrons. The Labute approximate surface area is 145 Å². The van der Waals surface area contributed by atoms with E-state index < -0.39 is 0 Å². The molecule has 0 N–H and O–H groups in total. The van der Waals surface area contributed by atoms with Crippen LogP contribution in [0.25, 0.3) is 0 Å². The van der Waals surface area contributed by atoms with Crippen molar-refractivity contribution >= 4 is 27.8 Å². The largest absolute Gasteiger partial charge is 0.469 e. The average Bonchev–Trinajstić information content (AvgIpc) is 2.98. The van der Waals surface area contributed by atoms with Crippen LogP contribution in [0.3, 0.4) is 0 Å². The fraction of sp³-hybridized carbons (Fsp3) is 0.647. The SMILES string of the molecule is COC(=O)C(C)CN(C(=O)c1ccc(Br)o1)C1CCCCC1C. The number of ether oxygens (including phenoxy) is 1. The van der Waals surface area contributed by atoms with E-state index in [-0.39, 0.29) is 23.8 Å². The molecule has 1 saturated carbocycles. The van der Waals surface area contributed by atoms with Crippen LogP contribution in [0.1, 0.15) is 50.1 Å². The minimum absolute atomic E-state index is 0.132. The van der Waals surface area contributed by atoms with Gasteiger partial charge >= 0.3 is 5.97 Å². The molecular weight excluding hydrogens is 362 g/mol. The Morgan fingerprint density at radius 2 is 2.09 bits per heavy atom. The number of nitrogens with zero attached hydrogens (tertiary/aromatic N) is 1. The van der Waals surface area contributed by atoms with Gasteiger partial charge in [0.15, 0.2) is 10.4 Å². The maximum atomic E-state index is 12.9. The number of carbonyl (C=O) groups excluding carboxylic acids is 2. The van der Waals surface area contributed by atoms with Gasteiger partial charge in [-0.25, -0.2) is 0 Å². The Balaban J connectivity index is 2.22. The number of carbonyl (C=O) groups is 2. The predicted octanol–water partition coefficient (Wildman–Crippen LogP) is 3.87. The van der Waals surface area contributed by atoms with E-state index in [1.54, 1.807) is 24.0 Å². The number of esters is 1. The van der Waals surface area contributed by atoms with Crippen LogP contribution in [-0.4, -0.2) is 36.5 Å². The first-order chi connectivity index (χ1) is 10.9. The number of amides is 1. The maximum absolute atomic E-state index is 12.9. The smallest absolute Gasteiger partial charge is 0.310 e. The zero-order chi connectivity index (χ0) is 17.0. The minimum Gasteiger partial charge on any atom is -0.469 e. The molecule has 6 heteroatoms. The Morgan fingerprint density at radius 3 is 2.65 bits per heavy atom. The van der Waals surface area contributed by atoms with E-state index in [0.29, 0.717) is 22.9 Å². The van der Waals surface area contributed by atoms with E-state index in [1.165, 1.54) is 13.5 Å². The van der Waals surface area contributed by atoms with Gasteiger partial charge in [-0.1, -0.05) is 26.7 Å². The van der Waals surface area contributed by atoms with Crippen molar-refractivity contribution in [1.82, 2.24) is 4.90 Å². The summed E-state index contributed by atoms with van der Waals surface area (Å²) in [5, 5.41) is 0. The third-order valence-electron chi connectivity index (χ3n) is 4.59. The number of methoxy groups -OCH3 is 1. The number of rotatable bonds is 5. The summed E-state index contributed by atoms with van der Waals surface area (Å²) >= 11 is 3.23. The Bertz CT molecular complexity index is 557. The lowest BCUT2D eigenvalue weighted by Crippen LogP contribution is -2.48. The first-order valence-electron chi connectivity index (χ1n) is 8.08. The zero-order valence-electron chi connectivity index (χ0n) is 13.9. The lowest BCUT2D eigenvalue weighted by molar-refractivity contribution is -0.145. The van der Waals surface area contributed by atoms with Gasteiger partial charge in [-0.05, 0) is 46.8 Å². The number of hydrogen-bond acceptors (Lipinski definition) is 4. The fourth-order valence-electron chi connectivity index (χ4n) is 3.27. The van der Waals surface area contributed by atoms with Crippen molar-refractivity contribution in [2.75, 3.05) is 13.7 Å². The predicted molar refractivity (Wildman–Crippen MR) is 90.0 cm³/mol. The van der Waals surface area contributed by atoms with Crippen molar-refractivity contribution in [3.8, 4) is 0 Å². The van der Waals surface area contributed by atoms with Crippen LogP contribution in [-0.2, 0) is 9.53 Å². The van der Waals surface area contributed by atoms with Gasteiger partial charge in [0.05, 0.1) is 13.0 Å². The molecule has 1 heterocycles. The zero-order valence-corrected chi connectivity index (χ0v) is 15.5. The lowest BCUT2D eigenvalue weighted by Gasteiger charge is -2.39. The summed E-state index contributed by atoms with van der Waals surface area (Å²) in [6.45, 7) is 4.31. The van der Waals surface area contributed by atoms with E-state index in [9.17, 15) is 9.59 Å². The number of hydrogen-bond donors (Lipinski definition) is 0. The summed E-state index contributed by atoms with van der Waals surface area (Å²) in [5.41, 5.74) is 0. The van der Waals surface area contributed by atoms with E-state index in [4.69, 9.17) is 9.15 Å². The molecule has 5 nitrogen and oxygen atoms in total. The van der Waals surface area contributed by atoms with E-state index in [1.807, 2.05) is 0 Å². The third kappa shape index (κ3) is 4.37. The molecule has 0 saturated heterocycles. The molecule has 1 aromatic rings. The van der Waals surface area contributed by atoms with Crippen LogP contribution in [0, 0.1) is 11.8 Å². The van der Waals surface area contributed by atoms with Crippen LogP contribution in [0.2, 0.25) is 0 Å². The first kappa shape index (κ1) is 18.0. The molecule has 0 spiro atoms. The second-order valence-corrected chi connectivity index (χ2v) is 7.10. The van der Waals surface area contributed by atoms with Gasteiger partial charge in [-0.3, -0.25) is 9.59 Å². The van der Waals surface area contributed by atoms with Crippen LogP contribution >= 0.6 is 15.9 Å². The van der Waals surface area contributed by atoms with E-state index in [2.05, 4.69) is 22.9 Å². The molecule has 2 rings (SSSR count). The molecule has 0 bridgehead atoms. The van der Waals surface area contributed by atoms with Crippen molar-refractivity contribution in [3.63, 3.8) is 0 Å². The van der Waals surface area contributed by atoms with Gasteiger partial charge in [-0.15, -0.1) is 0 Å².